The lowest BCUT2D eigenvalue weighted by Gasteiger charge is -2.40. The highest BCUT2D eigenvalue weighted by atomic mass is 35.5. The average molecular weight is 1410 g/mol. The summed E-state index contributed by atoms with van der Waals surface area (Å²) in [4.78, 5) is 170. The van der Waals surface area contributed by atoms with E-state index in [2.05, 4.69) is 21.3 Å². The summed E-state index contributed by atoms with van der Waals surface area (Å²) in [6.45, 7) is 9.08. The van der Waals surface area contributed by atoms with Gasteiger partial charge in [-0.2, -0.15) is 26.3 Å². The van der Waals surface area contributed by atoms with Gasteiger partial charge in [-0.25, -0.2) is 0 Å². The van der Waals surface area contributed by atoms with Gasteiger partial charge < -0.3 is 55.6 Å². The SMILES string of the molecule is CC[C@H](C)[C@@H]1NC(=O)[C@H](CC(C)C)N(C)C(=O)C[C@@H](C)NC(=O)[C@H](C2CCCC2)N(C)C(=O)C2(CCCC2)NC(=O)[C@@H]2CCCN2C(=O)[C@H](CCC2CCC(C(F)(F)F)C(Cl)C2)NC(=O)[C@@H](C)N(C)C(=O)[C@H](CC2CCC(C(F)(F)F)CC2)N(C)C(=O)CN(C)C(=O)CN(C)C1=O. The molecule has 1 spiro atoms. The molecule has 0 bridgehead atoms. The minimum absolute atomic E-state index is 0.0335. The van der Waals surface area contributed by atoms with Crippen LogP contribution in [0.25, 0.3) is 0 Å². The summed E-state index contributed by atoms with van der Waals surface area (Å²) in [5.41, 5.74) is -1.51. The number of nitrogens with one attached hydrogen (secondary N) is 4. The molecule has 2 heterocycles. The summed E-state index contributed by atoms with van der Waals surface area (Å²) < 4.78 is 83.7. The van der Waals surface area contributed by atoms with Crippen molar-refractivity contribution >= 4 is 76.6 Å². The number of halogens is 7. The Morgan fingerprint density at radius 1 is 0.577 bits per heavy atom. The second-order valence-corrected chi connectivity index (χ2v) is 30.1. The fraction of sp³-hybridized carbons (Fsp3) is 0.838. The number of alkyl halides is 7. The number of carbonyl (C=O) groups excluding carboxylic acids is 11. The maximum atomic E-state index is 15.3. The second-order valence-electron chi connectivity index (χ2n) is 29.6. The molecule has 11 amide bonds. The van der Waals surface area contributed by atoms with E-state index in [4.69, 9.17) is 11.6 Å². The van der Waals surface area contributed by atoms with Gasteiger partial charge in [0.1, 0.15) is 47.8 Å². The Morgan fingerprint density at radius 2 is 1.18 bits per heavy atom. The summed E-state index contributed by atoms with van der Waals surface area (Å²) in [7, 11) is 8.22. The molecule has 0 aromatic rings. The zero-order valence-electron chi connectivity index (χ0n) is 58.9. The molecule has 0 radical (unpaired) electrons. The smallest absolute Gasteiger partial charge is 0.351 e. The van der Waals surface area contributed by atoms with Crippen molar-refractivity contribution in [1.29, 1.82) is 0 Å². The monoisotopic (exact) mass is 1400 g/mol. The van der Waals surface area contributed by atoms with Crippen LogP contribution in [0.15, 0.2) is 0 Å². The highest BCUT2D eigenvalue weighted by molar-refractivity contribution is 6.20. The Morgan fingerprint density at radius 3 is 1.75 bits per heavy atom. The van der Waals surface area contributed by atoms with Gasteiger partial charge in [-0.1, -0.05) is 59.8 Å². The van der Waals surface area contributed by atoms with Crippen molar-refractivity contribution in [3.63, 3.8) is 0 Å². The predicted molar refractivity (Wildman–Crippen MR) is 350 cm³/mol. The third kappa shape index (κ3) is 20.4. The summed E-state index contributed by atoms with van der Waals surface area (Å²) in [6.07, 6.45) is -4.64. The number of likely N-dealkylation sites (N-methyl/N-ethyl adjacent to an activating group) is 6. The first-order valence-corrected chi connectivity index (χ1v) is 35.6. The summed E-state index contributed by atoms with van der Waals surface area (Å²) in [5, 5.41) is 10.4. The topological polar surface area (TPSA) is 259 Å². The van der Waals surface area contributed by atoms with Crippen LogP contribution in [-0.2, 0) is 52.7 Å². The molecule has 6 fully saturated rings. The first-order valence-electron chi connectivity index (χ1n) is 35.2. The zero-order chi connectivity index (χ0) is 72.3. The van der Waals surface area contributed by atoms with Crippen LogP contribution in [0.4, 0.5) is 26.3 Å². The van der Waals surface area contributed by atoms with Crippen molar-refractivity contribution in [3.05, 3.63) is 0 Å². The van der Waals surface area contributed by atoms with Gasteiger partial charge in [-0.15, -0.1) is 11.6 Å². The van der Waals surface area contributed by atoms with Gasteiger partial charge in [0.05, 0.1) is 24.9 Å². The van der Waals surface area contributed by atoms with Crippen LogP contribution in [0, 0.1) is 41.4 Å². The molecule has 97 heavy (non-hydrogen) atoms. The van der Waals surface area contributed by atoms with Gasteiger partial charge in [0, 0.05) is 66.7 Å². The second kappa shape index (κ2) is 34.4. The molecule has 0 aromatic heterocycles. The van der Waals surface area contributed by atoms with Crippen molar-refractivity contribution in [2.75, 3.05) is 61.9 Å². The summed E-state index contributed by atoms with van der Waals surface area (Å²) in [6, 6.07) is -9.56. The first kappa shape index (κ1) is 80.0. The highest BCUT2D eigenvalue weighted by Gasteiger charge is 2.52. The molecule has 29 heteroatoms. The molecular formula is C68H108ClF6N11O11. The largest absolute Gasteiger partial charge is 0.393 e. The molecule has 2 saturated heterocycles. The Hall–Kier alpha value is -5.96. The maximum Gasteiger partial charge on any atom is 0.393 e. The van der Waals surface area contributed by atoms with E-state index in [1.807, 2.05) is 20.8 Å². The van der Waals surface area contributed by atoms with Gasteiger partial charge in [-0.3, -0.25) is 52.7 Å². The molecule has 22 nitrogen and oxygen atoms in total. The molecular weight excluding hydrogens is 1300 g/mol. The lowest BCUT2D eigenvalue weighted by Crippen LogP contribution is -2.64. The first-order chi connectivity index (χ1) is 45.3. The van der Waals surface area contributed by atoms with E-state index < -0.39 is 179 Å². The summed E-state index contributed by atoms with van der Waals surface area (Å²) >= 11 is 6.37. The van der Waals surface area contributed by atoms with Crippen molar-refractivity contribution in [2.45, 2.75) is 261 Å². The molecule has 3 unspecified atom stereocenters. The number of carbonyl (C=O) groups is 11. The van der Waals surface area contributed by atoms with Crippen molar-refractivity contribution < 1.29 is 79.1 Å². The van der Waals surface area contributed by atoms with Gasteiger partial charge in [0.25, 0.3) is 0 Å². The number of nitrogens with zero attached hydrogens (tertiary/aromatic N) is 7. The number of hydrogen-bond acceptors (Lipinski definition) is 11. The molecule has 6 rings (SSSR count). The quantitative estimate of drug-likeness (QED) is 0.129. The molecule has 12 atom stereocenters. The lowest BCUT2D eigenvalue weighted by atomic mass is 9.78. The normalized spacial score (nSPS) is 31.8. The van der Waals surface area contributed by atoms with Crippen LogP contribution in [0.1, 0.15) is 189 Å². The van der Waals surface area contributed by atoms with E-state index in [9.17, 15) is 64.7 Å². The molecule has 2 aliphatic heterocycles. The predicted octanol–water partition coefficient (Wildman–Crippen LogP) is 6.94. The Balaban J connectivity index is 1.38. The molecule has 4 saturated carbocycles. The standard InChI is InChI=1S/C68H108ClF6N11O11/c1-13-40(4)56-64(96)81(8)37-54(88)80(7)38-55(89)84(11)52(36-44-22-26-46(27-23-44)67(70,71)72)63(95)82(9)42(6)58(90)77-49(29-25-43-24-28-47(48(69)35-43)68(73,74)75)62(94)86-32-18-21-50(86)60(92)79-66(30-16-17-31-66)65(97)85(12)57(45-19-14-15-20-45)61(93)76-41(5)34-53(87)83(10)51(33-39(2)3)59(91)78-56/h39-52,56-57H,13-38H2,1-12H3,(H,76,93)(H,77,90)(H,78,91)(H,79,92)/t40-,41+,42+,43?,44?,46?,47?,48?,49-,50-,51-,52-,56-,57-/m0/s1. The van der Waals surface area contributed by atoms with Gasteiger partial charge >= 0.3 is 12.4 Å². The van der Waals surface area contributed by atoms with E-state index in [-0.39, 0.29) is 115 Å². The maximum absolute atomic E-state index is 15.3. The van der Waals surface area contributed by atoms with Gasteiger partial charge in [-0.05, 0) is 153 Å². The van der Waals surface area contributed by atoms with Crippen molar-refractivity contribution in [3.8, 4) is 0 Å². The molecule has 4 aliphatic carbocycles. The molecule has 6 aliphatic rings. The minimum atomic E-state index is -4.54. The third-order valence-electron chi connectivity index (χ3n) is 22.1. The Kier molecular flexibility index (Phi) is 28.4. The van der Waals surface area contributed by atoms with Gasteiger partial charge in [0.2, 0.25) is 65.0 Å². The van der Waals surface area contributed by atoms with Crippen LogP contribution >= 0.6 is 11.6 Å². The third-order valence-corrected chi connectivity index (χ3v) is 22.6. The van der Waals surface area contributed by atoms with Crippen molar-refractivity contribution in [1.82, 2.24) is 55.6 Å². The van der Waals surface area contributed by atoms with Crippen LogP contribution in [0.3, 0.4) is 0 Å². The van der Waals surface area contributed by atoms with E-state index in [1.165, 1.54) is 63.9 Å². The molecule has 0 aromatic carbocycles. The Labute approximate surface area is 573 Å². The lowest BCUT2D eigenvalue weighted by molar-refractivity contribution is -0.184. The van der Waals surface area contributed by atoms with Crippen LogP contribution in [0.2, 0.25) is 0 Å². The minimum Gasteiger partial charge on any atom is -0.351 e. The van der Waals surface area contributed by atoms with Crippen LogP contribution in [-0.4, -0.2) is 233 Å². The number of rotatable bonds is 10. The molecule has 550 valence electrons. The molecule has 4 N–H and O–H groups in total. The Bertz CT molecular complexity index is 2800. The van der Waals surface area contributed by atoms with Gasteiger partial charge in [0.15, 0.2) is 0 Å². The van der Waals surface area contributed by atoms with E-state index >= 15 is 14.4 Å². The highest BCUT2D eigenvalue weighted by Crippen LogP contribution is 2.45. The fourth-order valence-electron chi connectivity index (χ4n) is 15.5. The van der Waals surface area contributed by atoms with E-state index in [1.54, 1.807) is 13.8 Å². The number of amides is 11. The average Bonchev–Trinajstić information content (AvgIpc) is 1.76. The van der Waals surface area contributed by atoms with E-state index in [0.717, 1.165) is 32.4 Å². The van der Waals surface area contributed by atoms with Crippen LogP contribution in [0.5, 0.6) is 0 Å². The number of fused-ring (bicyclic) bond motifs is 1. The fourth-order valence-corrected chi connectivity index (χ4v) is 16.0. The van der Waals surface area contributed by atoms with E-state index in [0.29, 0.717) is 38.5 Å². The number of hydrogen-bond donors (Lipinski definition) is 4. The van der Waals surface area contributed by atoms with Crippen LogP contribution < -0.4 is 21.3 Å². The zero-order valence-corrected chi connectivity index (χ0v) is 59.6. The van der Waals surface area contributed by atoms with Crippen molar-refractivity contribution in [2.24, 2.45) is 41.4 Å². The summed E-state index contributed by atoms with van der Waals surface area (Å²) in [5.74, 6) is -12.6.